The molecule has 0 bridgehead atoms. The van der Waals surface area contributed by atoms with Crippen LogP contribution in [0.3, 0.4) is 0 Å². The lowest BCUT2D eigenvalue weighted by atomic mass is 10.2. The monoisotopic (exact) mass is 126 g/mol. The molecule has 0 aliphatic carbocycles. The summed E-state index contributed by atoms with van der Waals surface area (Å²) in [5, 5.41) is 0. The van der Waals surface area contributed by atoms with Crippen molar-refractivity contribution in [2.75, 3.05) is 0 Å². The molecule has 0 unspecified atom stereocenters. The molecule has 9 heavy (non-hydrogen) atoms. The van der Waals surface area contributed by atoms with Crippen LogP contribution in [0.25, 0.3) is 5.53 Å². The van der Waals surface area contributed by atoms with Gasteiger partial charge in [-0.05, 0) is 6.92 Å². The van der Waals surface area contributed by atoms with Crippen molar-refractivity contribution in [1.82, 2.24) is 0 Å². The zero-order valence-electron chi connectivity index (χ0n) is 5.00. The molecule has 0 aromatic carbocycles. The van der Waals surface area contributed by atoms with Gasteiger partial charge in [0, 0.05) is 0 Å². The Morgan fingerprint density at radius 3 is 2.56 bits per heavy atom. The second-order valence-corrected chi connectivity index (χ2v) is 1.59. The van der Waals surface area contributed by atoms with Crippen LogP contribution in [0.5, 0.6) is 0 Å². The first kappa shape index (κ1) is 7.72. The molecule has 0 saturated heterocycles. The minimum atomic E-state index is -0.481. The summed E-state index contributed by atoms with van der Waals surface area (Å²) in [6.07, 6.45) is 0.519. The van der Waals surface area contributed by atoms with Crippen LogP contribution in [0.1, 0.15) is 13.3 Å². The summed E-state index contributed by atoms with van der Waals surface area (Å²) in [6.45, 7) is 1.29. The molecule has 0 N–H and O–H groups in total. The van der Waals surface area contributed by atoms with Crippen molar-refractivity contribution in [2.45, 2.75) is 13.3 Å². The van der Waals surface area contributed by atoms with Crippen molar-refractivity contribution in [3.63, 3.8) is 0 Å². The van der Waals surface area contributed by atoms with E-state index in [2.05, 4.69) is 4.79 Å². The van der Waals surface area contributed by atoms with Gasteiger partial charge in [0.05, 0.1) is 6.42 Å². The maximum Gasteiger partial charge on any atom is 0.323 e. The van der Waals surface area contributed by atoms with E-state index < -0.39 is 5.78 Å². The maximum atomic E-state index is 10.3. The van der Waals surface area contributed by atoms with Crippen molar-refractivity contribution in [3.8, 4) is 0 Å². The summed E-state index contributed by atoms with van der Waals surface area (Å²) in [4.78, 5) is 23.0. The predicted octanol–water partition coefficient (Wildman–Crippen LogP) is -0.165. The highest BCUT2D eigenvalue weighted by Gasteiger charge is 2.04. The predicted molar refractivity (Wildman–Crippen MR) is 30.0 cm³/mol. The molecule has 0 spiro atoms. The fourth-order valence-corrected chi connectivity index (χ4v) is 0.355. The van der Waals surface area contributed by atoms with Crippen LogP contribution in [-0.2, 0) is 9.59 Å². The molecule has 0 aromatic rings. The standard InChI is InChI=1S/C5H6N2O2/c1-4(8)2-5(9)3-7-6/h3H,2H2,1H3. The highest BCUT2D eigenvalue weighted by molar-refractivity contribution is 6.29. The Hall–Kier alpha value is -1.28. The van der Waals surface area contributed by atoms with E-state index >= 15 is 0 Å². The van der Waals surface area contributed by atoms with Gasteiger partial charge < -0.3 is 5.53 Å². The van der Waals surface area contributed by atoms with Crippen LogP contribution < -0.4 is 0 Å². The molecule has 0 aromatic heterocycles. The Morgan fingerprint density at radius 2 is 2.22 bits per heavy atom. The second-order valence-electron chi connectivity index (χ2n) is 1.59. The van der Waals surface area contributed by atoms with E-state index in [1.807, 2.05) is 0 Å². The fourth-order valence-electron chi connectivity index (χ4n) is 0.355. The summed E-state index contributed by atoms with van der Waals surface area (Å²) >= 11 is 0. The molecule has 4 heteroatoms. The molecule has 0 fully saturated rings. The van der Waals surface area contributed by atoms with Gasteiger partial charge in [-0.15, -0.1) is 0 Å². The normalized spacial score (nSPS) is 7.67. The molecule has 0 aliphatic heterocycles. The Balaban J connectivity index is 3.78. The number of nitrogens with zero attached hydrogens (tertiary/aromatic N) is 2. The third-order valence-electron chi connectivity index (χ3n) is 0.625. The van der Waals surface area contributed by atoms with Gasteiger partial charge in [-0.25, -0.2) is 0 Å². The zero-order chi connectivity index (χ0) is 7.28. The van der Waals surface area contributed by atoms with E-state index in [0.29, 0.717) is 6.21 Å². The zero-order valence-corrected chi connectivity index (χ0v) is 5.00. The van der Waals surface area contributed by atoms with E-state index in [0.717, 1.165) is 0 Å². The third kappa shape index (κ3) is 4.58. The van der Waals surface area contributed by atoms with Gasteiger partial charge in [0.25, 0.3) is 0 Å². The van der Waals surface area contributed by atoms with Gasteiger partial charge in [-0.2, -0.15) is 4.79 Å². The van der Waals surface area contributed by atoms with Crippen LogP contribution in [0.15, 0.2) is 0 Å². The molecule has 4 nitrogen and oxygen atoms in total. The summed E-state index contributed by atoms with van der Waals surface area (Å²) in [6, 6.07) is 0. The molecular weight excluding hydrogens is 120 g/mol. The largest absolute Gasteiger partial charge is 0.361 e. The van der Waals surface area contributed by atoms with E-state index in [1.165, 1.54) is 6.92 Å². The van der Waals surface area contributed by atoms with Crippen molar-refractivity contribution in [3.05, 3.63) is 5.53 Å². The van der Waals surface area contributed by atoms with Crippen molar-refractivity contribution < 1.29 is 14.4 Å². The van der Waals surface area contributed by atoms with Crippen molar-refractivity contribution in [2.24, 2.45) is 0 Å². The van der Waals surface area contributed by atoms with E-state index in [1.54, 1.807) is 0 Å². The Kier molecular flexibility index (Phi) is 3.16. The number of rotatable bonds is 3. The Morgan fingerprint density at radius 1 is 1.67 bits per heavy atom. The summed E-state index contributed by atoms with van der Waals surface area (Å²) in [7, 11) is 0. The Bertz CT molecular complexity index is 179. The number of ketones is 2. The van der Waals surface area contributed by atoms with Gasteiger partial charge >= 0.3 is 6.21 Å². The summed E-state index contributed by atoms with van der Waals surface area (Å²) in [5.41, 5.74) is 7.79. The SMILES string of the molecule is CC(=O)CC(=O)C=[N+]=[N-]. The molecule has 0 amide bonds. The van der Waals surface area contributed by atoms with Gasteiger partial charge in [-0.1, -0.05) is 0 Å². The third-order valence-corrected chi connectivity index (χ3v) is 0.625. The number of carbonyl (C=O) groups is 2. The van der Waals surface area contributed by atoms with Crippen LogP contribution in [0.2, 0.25) is 0 Å². The molecule has 0 rings (SSSR count). The highest BCUT2D eigenvalue weighted by Crippen LogP contribution is 1.79. The lowest BCUT2D eigenvalue weighted by Crippen LogP contribution is -2.05. The smallest absolute Gasteiger partial charge is 0.323 e. The average Bonchev–Trinajstić information content (AvgIpc) is 1.63. The first-order valence-corrected chi connectivity index (χ1v) is 2.36. The molecule has 48 valence electrons. The van der Waals surface area contributed by atoms with E-state index in [4.69, 9.17) is 5.53 Å². The minimum absolute atomic E-state index is 0.190. The van der Waals surface area contributed by atoms with Crippen molar-refractivity contribution >= 4 is 17.8 Å². The van der Waals surface area contributed by atoms with Crippen molar-refractivity contribution in [1.29, 1.82) is 0 Å². The number of carbonyl (C=O) groups excluding carboxylic acids is 2. The molecular formula is C5H6N2O2. The quantitative estimate of drug-likeness (QED) is 0.228. The first-order chi connectivity index (χ1) is 4.16. The van der Waals surface area contributed by atoms with Gasteiger partial charge in [0.15, 0.2) is 0 Å². The highest BCUT2D eigenvalue weighted by atomic mass is 16.1. The van der Waals surface area contributed by atoms with E-state index in [-0.39, 0.29) is 12.2 Å². The van der Waals surface area contributed by atoms with Crippen LogP contribution in [0.4, 0.5) is 0 Å². The topological polar surface area (TPSA) is 70.5 Å². The van der Waals surface area contributed by atoms with E-state index in [9.17, 15) is 9.59 Å². The number of hydrogen-bond acceptors (Lipinski definition) is 2. The van der Waals surface area contributed by atoms with Gasteiger partial charge in [0.2, 0.25) is 5.78 Å². The maximum absolute atomic E-state index is 10.3. The summed E-state index contributed by atoms with van der Waals surface area (Å²) < 4.78 is 0. The van der Waals surface area contributed by atoms with Crippen LogP contribution in [-0.4, -0.2) is 22.6 Å². The molecule has 0 heterocycles. The van der Waals surface area contributed by atoms with Crippen LogP contribution >= 0.6 is 0 Å². The van der Waals surface area contributed by atoms with Gasteiger partial charge in [0.1, 0.15) is 5.78 Å². The fraction of sp³-hybridized carbons (Fsp3) is 0.400. The van der Waals surface area contributed by atoms with Crippen LogP contribution in [0, 0.1) is 0 Å². The average molecular weight is 126 g/mol. The summed E-state index contributed by atoms with van der Waals surface area (Å²) in [5.74, 6) is -0.718. The molecule has 0 saturated carbocycles. The molecule has 0 radical (unpaired) electrons. The van der Waals surface area contributed by atoms with Gasteiger partial charge in [-0.3, -0.25) is 9.59 Å². The lowest BCUT2D eigenvalue weighted by molar-refractivity contribution is -0.124. The number of Topliss-reactive ketones (excluding diaryl/α,β-unsaturated/α-hetero) is 2. The first-order valence-electron chi connectivity index (χ1n) is 2.36. The number of hydrogen-bond donors (Lipinski definition) is 0. The molecule has 0 atom stereocenters. The minimum Gasteiger partial charge on any atom is -0.361 e. The second kappa shape index (κ2) is 3.69. The molecule has 0 aliphatic rings. The Labute approximate surface area is 52.1 Å². The lowest BCUT2D eigenvalue weighted by Gasteiger charge is -1.79.